The zero-order valence-electron chi connectivity index (χ0n) is 17.4. The molecule has 0 radical (unpaired) electrons. The van der Waals surface area contributed by atoms with Crippen molar-refractivity contribution in [2.24, 2.45) is 0 Å². The lowest BCUT2D eigenvalue weighted by Gasteiger charge is -2.19. The van der Waals surface area contributed by atoms with Gasteiger partial charge >= 0.3 is 0 Å². The second-order valence-electron chi connectivity index (χ2n) is 7.56. The highest BCUT2D eigenvalue weighted by Crippen LogP contribution is 2.36. The lowest BCUT2D eigenvalue weighted by atomic mass is 10.0. The summed E-state index contributed by atoms with van der Waals surface area (Å²) in [4.78, 5) is 27.4. The van der Waals surface area contributed by atoms with Gasteiger partial charge in [-0.3, -0.25) is 4.79 Å². The number of halogens is 1. The molecule has 1 unspecified atom stereocenters. The number of amides is 1. The van der Waals surface area contributed by atoms with Crippen molar-refractivity contribution in [2.45, 2.75) is 25.8 Å². The van der Waals surface area contributed by atoms with E-state index in [0.717, 1.165) is 11.1 Å². The van der Waals surface area contributed by atoms with E-state index in [1.165, 1.54) is 0 Å². The van der Waals surface area contributed by atoms with Crippen LogP contribution in [0.5, 0.6) is 0 Å². The maximum Gasteiger partial charge on any atom is 0.231 e. The number of pyridine rings is 1. The minimum Gasteiger partial charge on any atom is -0.394 e. The van der Waals surface area contributed by atoms with Crippen LogP contribution in [-0.2, 0) is 17.6 Å². The van der Waals surface area contributed by atoms with Crippen molar-refractivity contribution in [1.82, 2.24) is 15.0 Å². The van der Waals surface area contributed by atoms with Crippen LogP contribution >= 0.6 is 11.6 Å². The molecule has 2 N–H and O–H groups in total. The molecule has 3 heterocycles. The summed E-state index contributed by atoms with van der Waals surface area (Å²) in [5.41, 5.74) is 4.05. The van der Waals surface area contributed by atoms with Gasteiger partial charge in [0.25, 0.3) is 0 Å². The third-order valence-electron chi connectivity index (χ3n) is 5.26. The van der Waals surface area contributed by atoms with Gasteiger partial charge in [-0.1, -0.05) is 17.7 Å². The summed E-state index contributed by atoms with van der Waals surface area (Å²) < 4.78 is 0. The number of nitrogens with zero attached hydrogens (tertiary/aromatic N) is 5. The number of nitrogens with one attached hydrogen (secondary N) is 1. The van der Waals surface area contributed by atoms with E-state index in [4.69, 9.17) is 11.6 Å². The van der Waals surface area contributed by atoms with Gasteiger partial charge in [-0.15, -0.1) is 0 Å². The van der Waals surface area contributed by atoms with E-state index >= 15 is 0 Å². The molecular weight excluding hydrogens is 428 g/mol. The highest BCUT2D eigenvalue weighted by atomic mass is 35.5. The first-order chi connectivity index (χ1) is 15.5. The van der Waals surface area contributed by atoms with E-state index in [2.05, 4.69) is 26.3 Å². The number of aliphatic hydroxyl groups excluding tert-OH is 1. The molecule has 162 valence electrons. The Labute approximate surface area is 190 Å². The average Bonchev–Trinajstić information content (AvgIpc) is 3.24. The molecule has 1 aliphatic rings. The van der Waals surface area contributed by atoms with Crippen molar-refractivity contribution in [3.63, 3.8) is 0 Å². The Kier molecular flexibility index (Phi) is 6.30. The molecule has 0 fully saturated rings. The summed E-state index contributed by atoms with van der Waals surface area (Å²) in [7, 11) is 0. The first-order valence-electron chi connectivity index (χ1n) is 10.2. The Morgan fingerprint density at radius 2 is 2.19 bits per heavy atom. The number of fused-ring (bicyclic) bond motifs is 1. The second kappa shape index (κ2) is 9.30. The van der Waals surface area contributed by atoms with Gasteiger partial charge in [0.15, 0.2) is 0 Å². The topological polar surface area (TPSA) is 115 Å². The van der Waals surface area contributed by atoms with Crippen LogP contribution in [0.3, 0.4) is 0 Å². The summed E-state index contributed by atoms with van der Waals surface area (Å²) in [6, 6.07) is 11.0. The molecule has 1 aromatic carbocycles. The van der Waals surface area contributed by atoms with Crippen LogP contribution in [0, 0.1) is 11.3 Å². The summed E-state index contributed by atoms with van der Waals surface area (Å²) in [5.74, 6) is 0.266. The molecule has 0 saturated carbocycles. The van der Waals surface area contributed by atoms with E-state index in [-0.39, 0.29) is 25.0 Å². The van der Waals surface area contributed by atoms with Gasteiger partial charge in [-0.25, -0.2) is 15.0 Å². The molecule has 8 nitrogen and oxygen atoms in total. The number of rotatable bonds is 6. The largest absolute Gasteiger partial charge is 0.394 e. The smallest absolute Gasteiger partial charge is 0.231 e. The quantitative estimate of drug-likeness (QED) is 0.557. The Morgan fingerprint density at radius 1 is 1.34 bits per heavy atom. The van der Waals surface area contributed by atoms with Gasteiger partial charge in [-0.2, -0.15) is 5.26 Å². The molecule has 1 amide bonds. The van der Waals surface area contributed by atoms with E-state index in [1.807, 2.05) is 13.0 Å². The highest BCUT2D eigenvalue weighted by molar-refractivity contribution is 6.30. The van der Waals surface area contributed by atoms with Crippen molar-refractivity contribution in [1.29, 1.82) is 5.26 Å². The molecule has 0 spiro atoms. The average molecular weight is 449 g/mol. The minimum absolute atomic E-state index is 0.0425. The number of aromatic nitrogens is 3. The molecular formula is C23H21ClN6O2. The summed E-state index contributed by atoms with van der Waals surface area (Å²) >= 11 is 6.11. The van der Waals surface area contributed by atoms with Crippen molar-refractivity contribution in [3.05, 3.63) is 64.6 Å². The third kappa shape index (κ3) is 4.40. The molecule has 0 bridgehead atoms. The Hall–Kier alpha value is -3.54. The lowest BCUT2D eigenvalue weighted by molar-refractivity contribution is -0.117. The fraction of sp³-hybridized carbons (Fsp3) is 0.261. The summed E-state index contributed by atoms with van der Waals surface area (Å²) in [5, 5.41) is 22.4. The van der Waals surface area contributed by atoms with E-state index in [9.17, 15) is 15.2 Å². The van der Waals surface area contributed by atoms with Crippen LogP contribution in [0.1, 0.15) is 23.6 Å². The normalized spacial score (nSPS) is 13.4. The lowest BCUT2D eigenvalue weighted by Crippen LogP contribution is -2.31. The van der Waals surface area contributed by atoms with Gasteiger partial charge in [0.05, 0.1) is 30.0 Å². The minimum atomic E-state index is -0.187. The molecule has 0 aliphatic carbocycles. The fourth-order valence-electron chi connectivity index (χ4n) is 3.70. The van der Waals surface area contributed by atoms with Crippen LogP contribution < -0.4 is 10.2 Å². The Bertz CT molecular complexity index is 1210. The summed E-state index contributed by atoms with van der Waals surface area (Å²) in [6.07, 6.45) is 3.96. The second-order valence-corrected chi connectivity index (χ2v) is 7.92. The Balaban J connectivity index is 1.64. The van der Waals surface area contributed by atoms with E-state index in [1.54, 1.807) is 41.6 Å². The van der Waals surface area contributed by atoms with Gasteiger partial charge in [0, 0.05) is 30.5 Å². The molecule has 2 aromatic heterocycles. The zero-order valence-corrected chi connectivity index (χ0v) is 18.2. The molecule has 1 atom stereocenters. The van der Waals surface area contributed by atoms with Crippen molar-refractivity contribution in [3.8, 4) is 17.3 Å². The molecule has 3 aromatic rings. The standard InChI is InChI=1S/C23H21ClN6O2/c1-14(13-31)28-23-27-7-4-19(29-23)17-9-15-5-8-30(21(15)18(10-17)12-25)20(32)11-16-3-2-6-26-22(16)24/h2-4,6-7,9-10,14,31H,5,8,11,13H2,1H3,(H,27,28,29). The number of hydrogen-bond acceptors (Lipinski definition) is 7. The van der Waals surface area contributed by atoms with Gasteiger partial charge < -0.3 is 15.3 Å². The number of aliphatic hydroxyl groups is 1. The summed E-state index contributed by atoms with van der Waals surface area (Å²) in [6.45, 7) is 2.28. The first kappa shape index (κ1) is 21.7. The van der Waals surface area contributed by atoms with Crippen LogP contribution in [0.2, 0.25) is 5.15 Å². The zero-order chi connectivity index (χ0) is 22.7. The van der Waals surface area contributed by atoms with Crippen molar-refractivity contribution >= 4 is 29.1 Å². The van der Waals surface area contributed by atoms with Crippen LogP contribution in [0.15, 0.2) is 42.7 Å². The maximum atomic E-state index is 13.0. The van der Waals surface area contributed by atoms with Crippen LogP contribution in [-0.4, -0.2) is 45.2 Å². The highest BCUT2D eigenvalue weighted by Gasteiger charge is 2.29. The van der Waals surface area contributed by atoms with E-state index in [0.29, 0.717) is 46.6 Å². The number of carbonyl (C=O) groups is 1. The molecule has 1 aliphatic heterocycles. The number of carbonyl (C=O) groups excluding carboxylic acids is 1. The monoisotopic (exact) mass is 448 g/mol. The predicted molar refractivity (Wildman–Crippen MR) is 121 cm³/mol. The first-order valence-corrected chi connectivity index (χ1v) is 10.6. The van der Waals surface area contributed by atoms with Gasteiger partial charge in [0.2, 0.25) is 11.9 Å². The van der Waals surface area contributed by atoms with Crippen LogP contribution in [0.25, 0.3) is 11.3 Å². The predicted octanol–water partition coefficient (Wildman–Crippen LogP) is 2.99. The van der Waals surface area contributed by atoms with Gasteiger partial charge in [-0.05, 0) is 48.7 Å². The molecule has 32 heavy (non-hydrogen) atoms. The maximum absolute atomic E-state index is 13.0. The van der Waals surface area contributed by atoms with Crippen molar-refractivity contribution in [2.75, 3.05) is 23.4 Å². The van der Waals surface area contributed by atoms with E-state index < -0.39 is 0 Å². The number of anilines is 2. The number of benzene rings is 1. The third-order valence-corrected chi connectivity index (χ3v) is 5.60. The van der Waals surface area contributed by atoms with Gasteiger partial charge in [0.1, 0.15) is 11.2 Å². The number of hydrogen-bond donors (Lipinski definition) is 2. The van der Waals surface area contributed by atoms with Crippen molar-refractivity contribution < 1.29 is 9.90 Å². The SMILES string of the molecule is CC(CO)Nc1nccc(-c2cc(C#N)c3c(c2)CCN3C(=O)Cc2cccnc2Cl)n1. The number of nitriles is 1. The molecule has 4 rings (SSSR count). The molecule has 0 saturated heterocycles. The van der Waals surface area contributed by atoms with Crippen LogP contribution in [0.4, 0.5) is 11.6 Å². The molecule has 9 heteroatoms. The Morgan fingerprint density at radius 3 is 2.94 bits per heavy atom. The fourth-order valence-corrected chi connectivity index (χ4v) is 3.88.